The number of hydrogen-bond donors (Lipinski definition) is 0. The Morgan fingerprint density at radius 1 is 1.04 bits per heavy atom. The Morgan fingerprint density at radius 2 is 1.83 bits per heavy atom. The van der Waals surface area contributed by atoms with E-state index in [1.165, 1.54) is 25.7 Å². The first-order chi connectivity index (χ1) is 11.1. The molecule has 4 saturated carbocycles. The monoisotopic (exact) mass is 314 g/mol. The molecule has 0 saturated heterocycles. The second kappa shape index (κ2) is 5.92. The summed E-state index contributed by atoms with van der Waals surface area (Å²) in [6, 6.07) is 0. The van der Waals surface area contributed by atoms with Crippen LogP contribution in [-0.2, 0) is 0 Å². The fraction of sp³-hybridized carbons (Fsp3) is 0.913. The van der Waals surface area contributed by atoms with Crippen molar-refractivity contribution >= 4 is 0 Å². The van der Waals surface area contributed by atoms with E-state index >= 15 is 0 Å². The Kier molecular flexibility index (Phi) is 4.18. The molecular formula is C23H38. The molecule has 0 heteroatoms. The van der Waals surface area contributed by atoms with Gasteiger partial charge in [0.05, 0.1) is 0 Å². The summed E-state index contributed by atoms with van der Waals surface area (Å²) < 4.78 is 0. The standard InChI is InChI=1S/C23H38/c1-5-16-14-18(6-2)23(4)12-11-20-19-9-7-15(3)13-17(19)8-10-21(20)22(16)23/h6,15-17,19-22H,5,7-14H2,1-4H3/t15-,16-,17-,19+,20-,21-,22+,23-/m1/s1. The molecule has 0 radical (unpaired) electrons. The van der Waals surface area contributed by atoms with Gasteiger partial charge in [0, 0.05) is 0 Å². The quantitative estimate of drug-likeness (QED) is 0.464. The third kappa shape index (κ3) is 2.37. The molecule has 8 atom stereocenters. The van der Waals surface area contributed by atoms with Crippen LogP contribution in [0.3, 0.4) is 0 Å². The molecule has 0 aromatic rings. The zero-order chi connectivity index (χ0) is 16.2. The number of hydrogen-bond acceptors (Lipinski definition) is 0. The Hall–Kier alpha value is -0.260. The molecule has 0 aromatic carbocycles. The molecule has 0 aromatic heterocycles. The highest BCUT2D eigenvalue weighted by molar-refractivity contribution is 5.25. The third-order valence-corrected chi connectivity index (χ3v) is 9.06. The van der Waals surface area contributed by atoms with E-state index in [4.69, 9.17) is 0 Å². The Bertz CT molecular complexity index is 474. The summed E-state index contributed by atoms with van der Waals surface area (Å²) in [6.07, 6.45) is 16.1. The minimum absolute atomic E-state index is 0.561. The second-order valence-electron chi connectivity index (χ2n) is 9.92. The molecule has 0 spiro atoms. The van der Waals surface area contributed by atoms with Gasteiger partial charge >= 0.3 is 0 Å². The minimum atomic E-state index is 0.561. The number of fused-ring (bicyclic) bond motifs is 5. The molecule has 0 unspecified atom stereocenters. The van der Waals surface area contributed by atoms with Crippen LogP contribution in [0.2, 0.25) is 0 Å². The summed E-state index contributed by atoms with van der Waals surface area (Å²) in [6.45, 7) is 9.92. The minimum Gasteiger partial charge on any atom is -0.0879 e. The van der Waals surface area contributed by atoms with Gasteiger partial charge in [0.25, 0.3) is 0 Å². The summed E-state index contributed by atoms with van der Waals surface area (Å²) in [5.74, 6) is 7.34. The van der Waals surface area contributed by atoms with Gasteiger partial charge in [-0.15, -0.1) is 0 Å². The number of rotatable bonds is 1. The summed E-state index contributed by atoms with van der Waals surface area (Å²) in [7, 11) is 0. The van der Waals surface area contributed by atoms with Crippen molar-refractivity contribution in [2.24, 2.45) is 46.8 Å². The maximum Gasteiger partial charge on any atom is -0.00825 e. The first kappa shape index (κ1) is 16.2. The van der Waals surface area contributed by atoms with E-state index in [1.54, 1.807) is 32.1 Å². The Balaban J connectivity index is 1.63. The molecule has 4 aliphatic rings. The zero-order valence-corrected chi connectivity index (χ0v) is 16.0. The van der Waals surface area contributed by atoms with Crippen molar-refractivity contribution in [1.82, 2.24) is 0 Å². The molecule has 4 fully saturated rings. The third-order valence-electron chi connectivity index (χ3n) is 9.06. The molecule has 0 amide bonds. The maximum atomic E-state index is 2.65. The van der Waals surface area contributed by atoms with Crippen LogP contribution in [0, 0.1) is 46.8 Å². The van der Waals surface area contributed by atoms with Gasteiger partial charge < -0.3 is 0 Å². The SMILES string of the molecule is CC=C1C[C@@H](CC)[C@H]2[C@@H]3CC[C@@H]4C[C@H](C)CC[C@@H]4[C@H]3CC[C@]12C. The topological polar surface area (TPSA) is 0 Å². The van der Waals surface area contributed by atoms with E-state index in [1.807, 2.05) is 5.57 Å². The van der Waals surface area contributed by atoms with Crippen LogP contribution in [0.1, 0.15) is 85.5 Å². The smallest absolute Gasteiger partial charge is 0.00825 e. The van der Waals surface area contributed by atoms with Gasteiger partial charge in [0.2, 0.25) is 0 Å². The van der Waals surface area contributed by atoms with Crippen LogP contribution < -0.4 is 0 Å². The van der Waals surface area contributed by atoms with Crippen molar-refractivity contribution in [3.8, 4) is 0 Å². The molecule has 4 aliphatic carbocycles. The van der Waals surface area contributed by atoms with Crippen LogP contribution in [0.15, 0.2) is 11.6 Å². The predicted octanol–water partition coefficient (Wildman–Crippen LogP) is 6.86. The summed E-state index contributed by atoms with van der Waals surface area (Å²) in [5, 5.41) is 0. The lowest BCUT2D eigenvalue weighted by Crippen LogP contribution is -2.48. The van der Waals surface area contributed by atoms with Gasteiger partial charge in [-0.1, -0.05) is 45.3 Å². The predicted molar refractivity (Wildman–Crippen MR) is 99.2 cm³/mol. The molecule has 0 N–H and O–H groups in total. The lowest BCUT2D eigenvalue weighted by atomic mass is 9.49. The van der Waals surface area contributed by atoms with Crippen LogP contribution in [0.25, 0.3) is 0 Å². The van der Waals surface area contributed by atoms with Crippen LogP contribution >= 0.6 is 0 Å². The zero-order valence-electron chi connectivity index (χ0n) is 16.0. The molecule has 23 heavy (non-hydrogen) atoms. The van der Waals surface area contributed by atoms with Crippen molar-refractivity contribution in [3.05, 3.63) is 11.6 Å². The van der Waals surface area contributed by atoms with Crippen LogP contribution in [0.5, 0.6) is 0 Å². The summed E-state index contributed by atoms with van der Waals surface area (Å²) >= 11 is 0. The summed E-state index contributed by atoms with van der Waals surface area (Å²) in [4.78, 5) is 0. The van der Waals surface area contributed by atoms with E-state index in [-0.39, 0.29) is 0 Å². The highest BCUT2D eigenvalue weighted by atomic mass is 14.6. The van der Waals surface area contributed by atoms with E-state index in [0.717, 1.165) is 41.4 Å². The number of allylic oxidation sites excluding steroid dienone is 2. The van der Waals surface area contributed by atoms with Crippen LogP contribution in [-0.4, -0.2) is 0 Å². The Labute approximate surface area is 144 Å². The van der Waals surface area contributed by atoms with Crippen LogP contribution in [0.4, 0.5) is 0 Å². The van der Waals surface area contributed by atoms with Crippen molar-refractivity contribution in [2.45, 2.75) is 85.5 Å². The fourth-order valence-corrected chi connectivity index (χ4v) is 8.07. The van der Waals surface area contributed by atoms with Crippen molar-refractivity contribution in [1.29, 1.82) is 0 Å². The molecule has 0 nitrogen and oxygen atoms in total. The molecule has 0 heterocycles. The van der Waals surface area contributed by atoms with Gasteiger partial charge in [0.1, 0.15) is 0 Å². The highest BCUT2D eigenvalue weighted by Gasteiger charge is 2.57. The lowest BCUT2D eigenvalue weighted by Gasteiger charge is -2.56. The average molecular weight is 315 g/mol. The molecular weight excluding hydrogens is 276 g/mol. The highest BCUT2D eigenvalue weighted by Crippen LogP contribution is 2.66. The van der Waals surface area contributed by atoms with Gasteiger partial charge in [0.15, 0.2) is 0 Å². The molecule has 0 bridgehead atoms. The maximum absolute atomic E-state index is 2.65. The van der Waals surface area contributed by atoms with E-state index in [2.05, 4.69) is 33.8 Å². The van der Waals surface area contributed by atoms with Gasteiger partial charge in [-0.05, 0) is 98.7 Å². The van der Waals surface area contributed by atoms with Crippen molar-refractivity contribution in [2.75, 3.05) is 0 Å². The Morgan fingerprint density at radius 3 is 2.57 bits per heavy atom. The second-order valence-corrected chi connectivity index (χ2v) is 9.92. The van der Waals surface area contributed by atoms with Crippen molar-refractivity contribution < 1.29 is 0 Å². The van der Waals surface area contributed by atoms with E-state index < -0.39 is 0 Å². The van der Waals surface area contributed by atoms with E-state index in [0.29, 0.717) is 5.41 Å². The first-order valence-corrected chi connectivity index (χ1v) is 10.7. The normalized spacial score (nSPS) is 54.4. The largest absolute Gasteiger partial charge is 0.0879 e. The van der Waals surface area contributed by atoms with E-state index in [9.17, 15) is 0 Å². The molecule has 4 rings (SSSR count). The average Bonchev–Trinajstić information content (AvgIpc) is 2.86. The summed E-state index contributed by atoms with van der Waals surface area (Å²) in [5.41, 5.74) is 2.39. The fourth-order valence-electron chi connectivity index (χ4n) is 8.07. The first-order valence-electron chi connectivity index (χ1n) is 10.7. The van der Waals surface area contributed by atoms with Gasteiger partial charge in [-0.2, -0.15) is 0 Å². The lowest BCUT2D eigenvalue weighted by molar-refractivity contribution is -0.0609. The van der Waals surface area contributed by atoms with Crippen molar-refractivity contribution in [3.63, 3.8) is 0 Å². The van der Waals surface area contributed by atoms with Gasteiger partial charge in [-0.25, -0.2) is 0 Å². The molecule has 0 aliphatic heterocycles. The molecule has 130 valence electrons. The van der Waals surface area contributed by atoms with Gasteiger partial charge in [-0.3, -0.25) is 0 Å².